The molecule has 0 aliphatic rings. The molecule has 4 aromatic rings. The molecule has 8 heteroatoms. The zero-order valence-electron chi connectivity index (χ0n) is 21.5. The molecule has 0 atom stereocenters. The Hall–Kier alpha value is -4.33. The van der Waals surface area contributed by atoms with Crippen molar-refractivity contribution in [3.63, 3.8) is 0 Å². The van der Waals surface area contributed by atoms with Gasteiger partial charge in [0.1, 0.15) is 0 Å². The van der Waals surface area contributed by atoms with Gasteiger partial charge in [-0.1, -0.05) is 48.9 Å². The Morgan fingerprint density at radius 1 is 0.865 bits per heavy atom. The molecule has 1 amide bonds. The van der Waals surface area contributed by atoms with Gasteiger partial charge in [0.05, 0.1) is 38.2 Å². The van der Waals surface area contributed by atoms with Crippen molar-refractivity contribution in [2.24, 2.45) is 0 Å². The summed E-state index contributed by atoms with van der Waals surface area (Å²) in [4.78, 5) is 39.5. The number of benzene rings is 3. The van der Waals surface area contributed by atoms with Crippen LogP contribution in [0, 0.1) is 6.92 Å². The summed E-state index contributed by atoms with van der Waals surface area (Å²) in [5, 5.41) is 3.19. The van der Waals surface area contributed by atoms with Gasteiger partial charge in [0.25, 0.3) is 11.5 Å². The number of aromatic nitrogens is 2. The van der Waals surface area contributed by atoms with Gasteiger partial charge in [0.2, 0.25) is 0 Å². The fourth-order valence-electron chi connectivity index (χ4n) is 4.31. The first-order valence-corrected chi connectivity index (χ1v) is 12.2. The van der Waals surface area contributed by atoms with Gasteiger partial charge in [0.15, 0.2) is 11.5 Å². The fraction of sp³-hybridized carbons (Fsp3) is 0.276. The molecular formula is C29H31N3O5. The first-order chi connectivity index (χ1) is 17.9. The number of nitrogens with one attached hydrogen (secondary N) is 1. The number of methoxy groups -OCH3 is 2. The lowest BCUT2D eigenvalue weighted by molar-refractivity contribution is 0.0953. The van der Waals surface area contributed by atoms with Gasteiger partial charge in [0, 0.05) is 18.2 Å². The van der Waals surface area contributed by atoms with Crippen molar-refractivity contribution in [2.45, 2.75) is 33.4 Å². The van der Waals surface area contributed by atoms with Crippen molar-refractivity contribution in [3.8, 4) is 11.5 Å². The van der Waals surface area contributed by atoms with Crippen LogP contribution >= 0.6 is 0 Å². The molecule has 1 N–H and O–H groups in total. The summed E-state index contributed by atoms with van der Waals surface area (Å²) in [5.74, 6) is 0.682. The van der Waals surface area contributed by atoms with Crippen molar-refractivity contribution < 1.29 is 14.3 Å². The lowest BCUT2D eigenvalue weighted by Gasteiger charge is -2.17. The molecule has 0 aliphatic carbocycles. The average molecular weight is 502 g/mol. The highest BCUT2D eigenvalue weighted by Gasteiger charge is 2.18. The summed E-state index contributed by atoms with van der Waals surface area (Å²) >= 11 is 0. The first-order valence-electron chi connectivity index (χ1n) is 12.2. The van der Waals surface area contributed by atoms with E-state index in [4.69, 9.17) is 9.47 Å². The van der Waals surface area contributed by atoms with Crippen molar-refractivity contribution in [2.75, 3.05) is 20.8 Å². The Bertz CT molecular complexity index is 1550. The van der Waals surface area contributed by atoms with E-state index in [1.807, 2.05) is 38.1 Å². The van der Waals surface area contributed by atoms with Crippen LogP contribution in [0.15, 0.2) is 70.3 Å². The Balaban J connectivity index is 1.83. The molecule has 4 rings (SSSR count). The van der Waals surface area contributed by atoms with E-state index in [0.29, 0.717) is 34.5 Å². The molecule has 0 bridgehead atoms. The summed E-state index contributed by atoms with van der Waals surface area (Å²) in [6, 6.07) is 18.1. The molecule has 0 saturated heterocycles. The van der Waals surface area contributed by atoms with Crippen LogP contribution in [0.2, 0.25) is 0 Å². The quantitative estimate of drug-likeness (QED) is 0.377. The molecule has 1 heterocycles. The van der Waals surface area contributed by atoms with Gasteiger partial charge < -0.3 is 14.8 Å². The number of fused-ring (bicyclic) bond motifs is 1. The van der Waals surface area contributed by atoms with E-state index in [2.05, 4.69) is 5.32 Å². The molecule has 0 saturated carbocycles. The van der Waals surface area contributed by atoms with Crippen LogP contribution in [0.4, 0.5) is 0 Å². The predicted molar refractivity (Wildman–Crippen MR) is 144 cm³/mol. The molecule has 0 spiro atoms. The third kappa shape index (κ3) is 5.43. The molecule has 3 aromatic carbocycles. The van der Waals surface area contributed by atoms with Gasteiger partial charge in [-0.2, -0.15) is 0 Å². The van der Waals surface area contributed by atoms with Gasteiger partial charge in [-0.05, 0) is 42.7 Å². The molecule has 1 aromatic heterocycles. The molecule has 0 aliphatic heterocycles. The van der Waals surface area contributed by atoms with E-state index in [9.17, 15) is 14.4 Å². The summed E-state index contributed by atoms with van der Waals surface area (Å²) in [6.07, 6.45) is 0.847. The molecule has 192 valence electrons. The lowest BCUT2D eigenvalue weighted by atomic mass is 10.1. The van der Waals surface area contributed by atoms with Crippen LogP contribution in [0.1, 0.15) is 40.4 Å². The van der Waals surface area contributed by atoms with E-state index in [1.165, 1.54) is 18.8 Å². The van der Waals surface area contributed by atoms with E-state index in [1.54, 1.807) is 41.0 Å². The van der Waals surface area contributed by atoms with Crippen molar-refractivity contribution >= 4 is 16.8 Å². The second kappa shape index (κ2) is 11.2. The summed E-state index contributed by atoms with van der Waals surface area (Å²) in [5.41, 5.74) is 2.87. The summed E-state index contributed by atoms with van der Waals surface area (Å²) in [7, 11) is 3.02. The number of rotatable bonds is 9. The van der Waals surface area contributed by atoms with Crippen LogP contribution < -0.4 is 26.0 Å². The Morgan fingerprint density at radius 2 is 1.54 bits per heavy atom. The minimum atomic E-state index is -0.434. The van der Waals surface area contributed by atoms with Crippen LogP contribution in [0.3, 0.4) is 0 Å². The third-order valence-corrected chi connectivity index (χ3v) is 6.25. The molecule has 8 nitrogen and oxygen atoms in total. The minimum absolute atomic E-state index is 0.0621. The summed E-state index contributed by atoms with van der Waals surface area (Å²) < 4.78 is 13.7. The molecule has 37 heavy (non-hydrogen) atoms. The third-order valence-electron chi connectivity index (χ3n) is 6.25. The maximum Gasteiger partial charge on any atom is 0.332 e. The maximum atomic E-state index is 13.7. The second-order valence-electron chi connectivity index (χ2n) is 8.93. The smallest absolute Gasteiger partial charge is 0.332 e. The highest BCUT2D eigenvalue weighted by Crippen LogP contribution is 2.30. The lowest BCUT2D eigenvalue weighted by Crippen LogP contribution is -2.40. The van der Waals surface area contributed by atoms with Crippen LogP contribution in [0.5, 0.6) is 11.5 Å². The molecule has 0 radical (unpaired) electrons. The van der Waals surface area contributed by atoms with Crippen LogP contribution in [-0.2, 0) is 13.1 Å². The van der Waals surface area contributed by atoms with E-state index in [0.717, 1.165) is 23.1 Å². The highest BCUT2D eigenvalue weighted by atomic mass is 16.5. The second-order valence-corrected chi connectivity index (χ2v) is 8.93. The fourth-order valence-corrected chi connectivity index (χ4v) is 4.31. The van der Waals surface area contributed by atoms with Crippen molar-refractivity contribution in [1.82, 2.24) is 14.5 Å². The molecule has 0 unspecified atom stereocenters. The van der Waals surface area contributed by atoms with E-state index < -0.39 is 11.2 Å². The highest BCUT2D eigenvalue weighted by molar-refractivity contribution is 5.94. The topological polar surface area (TPSA) is 91.6 Å². The number of ether oxygens (including phenoxy) is 2. The SMILES string of the molecule is CCCNC(=O)c1ccc(Cn2c(=O)c3cc(OC)c(OC)cc3n(Cc3cccc(C)c3)c2=O)cc1. The zero-order valence-corrected chi connectivity index (χ0v) is 21.5. The Kier molecular flexibility index (Phi) is 7.77. The molecule has 0 fully saturated rings. The number of carbonyl (C=O) groups excluding carboxylic acids is 1. The largest absolute Gasteiger partial charge is 0.493 e. The van der Waals surface area contributed by atoms with Crippen molar-refractivity contribution in [1.29, 1.82) is 0 Å². The standard InChI is InChI=1S/C29H31N3O5/c1-5-13-30-27(33)22-11-9-20(10-12-22)17-32-28(34)23-15-25(36-3)26(37-4)16-24(23)31(29(32)35)18-21-8-6-7-19(2)14-21/h6-12,14-16H,5,13,17-18H2,1-4H3,(H,30,33). The number of hydrogen-bond donors (Lipinski definition) is 1. The van der Waals surface area contributed by atoms with Gasteiger partial charge in [-0.3, -0.25) is 18.7 Å². The Labute approximate surface area is 215 Å². The van der Waals surface area contributed by atoms with E-state index >= 15 is 0 Å². The van der Waals surface area contributed by atoms with Crippen LogP contribution in [0.25, 0.3) is 10.9 Å². The minimum Gasteiger partial charge on any atom is -0.493 e. The molecular weight excluding hydrogens is 470 g/mol. The van der Waals surface area contributed by atoms with Crippen LogP contribution in [-0.4, -0.2) is 35.8 Å². The van der Waals surface area contributed by atoms with Gasteiger partial charge in [-0.25, -0.2) is 4.79 Å². The maximum absolute atomic E-state index is 13.7. The first kappa shape index (κ1) is 25.8. The monoisotopic (exact) mass is 501 g/mol. The number of amides is 1. The number of hydrogen-bond acceptors (Lipinski definition) is 5. The van der Waals surface area contributed by atoms with Gasteiger partial charge >= 0.3 is 5.69 Å². The van der Waals surface area contributed by atoms with Gasteiger partial charge in [-0.15, -0.1) is 0 Å². The Morgan fingerprint density at radius 3 is 2.19 bits per heavy atom. The number of carbonyl (C=O) groups is 1. The zero-order chi connectivity index (χ0) is 26.5. The number of aryl methyl sites for hydroxylation is 1. The number of nitrogens with zero attached hydrogens (tertiary/aromatic N) is 2. The van der Waals surface area contributed by atoms with Crippen molar-refractivity contribution in [3.05, 3.63) is 104 Å². The summed E-state index contributed by atoms with van der Waals surface area (Å²) in [6.45, 7) is 4.92. The average Bonchev–Trinajstić information content (AvgIpc) is 2.91. The van der Waals surface area contributed by atoms with E-state index in [-0.39, 0.29) is 19.0 Å². The normalized spacial score (nSPS) is 10.9. The predicted octanol–water partition coefficient (Wildman–Crippen LogP) is 3.73.